The summed E-state index contributed by atoms with van der Waals surface area (Å²) in [6.45, 7) is 1.89. The minimum Gasteiger partial charge on any atom is -0.369 e. The van der Waals surface area contributed by atoms with Crippen LogP contribution >= 0.6 is 0 Å². The van der Waals surface area contributed by atoms with Gasteiger partial charge in [-0.1, -0.05) is 12.8 Å². The van der Waals surface area contributed by atoms with Crippen LogP contribution in [0.15, 0.2) is 12.4 Å². The molecule has 1 aliphatic rings. The lowest BCUT2D eigenvalue weighted by molar-refractivity contribution is 0.425. The lowest BCUT2D eigenvalue weighted by Gasteiger charge is -2.14. The predicted molar refractivity (Wildman–Crippen MR) is 75.0 cm³/mol. The summed E-state index contributed by atoms with van der Waals surface area (Å²) in [5, 5.41) is 6.79. The van der Waals surface area contributed by atoms with E-state index in [0.29, 0.717) is 6.04 Å². The van der Waals surface area contributed by atoms with Gasteiger partial charge in [-0.15, -0.1) is 0 Å². The molecule has 1 aliphatic carbocycles. The van der Waals surface area contributed by atoms with Gasteiger partial charge in [-0.3, -0.25) is 0 Å². The highest BCUT2D eigenvalue weighted by Crippen LogP contribution is 2.21. The van der Waals surface area contributed by atoms with Crippen molar-refractivity contribution in [2.24, 2.45) is 0 Å². The molecule has 0 unspecified atom stereocenters. The molecule has 18 heavy (non-hydrogen) atoms. The Morgan fingerprint density at radius 1 is 1.22 bits per heavy atom. The Labute approximate surface area is 109 Å². The van der Waals surface area contributed by atoms with E-state index in [-0.39, 0.29) is 0 Å². The van der Waals surface area contributed by atoms with Crippen molar-refractivity contribution in [3.63, 3.8) is 0 Å². The lowest BCUT2D eigenvalue weighted by Crippen LogP contribution is -2.21. The van der Waals surface area contributed by atoms with Crippen molar-refractivity contribution in [2.45, 2.75) is 31.7 Å². The molecule has 100 valence electrons. The molecule has 0 spiro atoms. The number of nitrogens with one attached hydrogen (secondary N) is 2. The van der Waals surface area contributed by atoms with Crippen LogP contribution in [-0.4, -0.2) is 48.1 Å². The standard InChI is InChI=1S/C13H23N5/c1-18(2)8-7-14-12-9-13(16-10-15-12)17-11-5-3-4-6-11/h9-11H,3-8H2,1-2H3,(H2,14,15,16,17). The fourth-order valence-electron chi connectivity index (χ4n) is 2.22. The zero-order valence-corrected chi connectivity index (χ0v) is 11.3. The SMILES string of the molecule is CN(C)CCNc1cc(NC2CCCC2)ncn1. The van der Waals surface area contributed by atoms with Gasteiger partial charge in [-0.05, 0) is 26.9 Å². The molecule has 2 N–H and O–H groups in total. The van der Waals surface area contributed by atoms with Crippen LogP contribution in [0.4, 0.5) is 11.6 Å². The van der Waals surface area contributed by atoms with Gasteiger partial charge in [0.2, 0.25) is 0 Å². The van der Waals surface area contributed by atoms with E-state index >= 15 is 0 Å². The molecule has 1 fully saturated rings. The number of likely N-dealkylation sites (N-methyl/N-ethyl adjacent to an activating group) is 1. The molecule has 1 heterocycles. The minimum atomic E-state index is 0.592. The average molecular weight is 249 g/mol. The fourth-order valence-corrected chi connectivity index (χ4v) is 2.22. The maximum Gasteiger partial charge on any atom is 0.131 e. The van der Waals surface area contributed by atoms with E-state index in [1.807, 2.05) is 6.07 Å². The van der Waals surface area contributed by atoms with Crippen molar-refractivity contribution in [1.82, 2.24) is 14.9 Å². The molecule has 0 aliphatic heterocycles. The topological polar surface area (TPSA) is 53.1 Å². The first-order valence-corrected chi connectivity index (χ1v) is 6.71. The second-order valence-corrected chi connectivity index (χ2v) is 5.14. The largest absolute Gasteiger partial charge is 0.369 e. The molecule has 1 aromatic heterocycles. The maximum absolute atomic E-state index is 4.27. The predicted octanol–water partition coefficient (Wildman–Crippen LogP) is 1.80. The van der Waals surface area contributed by atoms with Gasteiger partial charge in [0.25, 0.3) is 0 Å². The smallest absolute Gasteiger partial charge is 0.131 e. The summed E-state index contributed by atoms with van der Waals surface area (Å²) in [6.07, 6.45) is 6.80. The molecular weight excluding hydrogens is 226 g/mol. The van der Waals surface area contributed by atoms with Gasteiger partial charge in [0.15, 0.2) is 0 Å². The highest BCUT2D eigenvalue weighted by Gasteiger charge is 2.14. The monoisotopic (exact) mass is 249 g/mol. The molecule has 0 bridgehead atoms. The molecule has 5 nitrogen and oxygen atoms in total. The van der Waals surface area contributed by atoms with E-state index < -0.39 is 0 Å². The molecule has 0 atom stereocenters. The first kappa shape index (κ1) is 13.1. The van der Waals surface area contributed by atoms with Crippen molar-refractivity contribution in [3.8, 4) is 0 Å². The fraction of sp³-hybridized carbons (Fsp3) is 0.692. The third-order valence-electron chi connectivity index (χ3n) is 3.24. The van der Waals surface area contributed by atoms with E-state index in [2.05, 4.69) is 39.6 Å². The molecule has 0 saturated heterocycles. The van der Waals surface area contributed by atoms with E-state index in [4.69, 9.17) is 0 Å². The molecule has 1 saturated carbocycles. The number of nitrogens with zero attached hydrogens (tertiary/aromatic N) is 3. The summed E-state index contributed by atoms with van der Waals surface area (Å²) in [6, 6.07) is 2.59. The summed E-state index contributed by atoms with van der Waals surface area (Å²) in [7, 11) is 4.13. The molecule has 2 rings (SSSR count). The number of hydrogen-bond acceptors (Lipinski definition) is 5. The van der Waals surface area contributed by atoms with Gasteiger partial charge in [0, 0.05) is 25.2 Å². The number of anilines is 2. The Bertz CT molecular complexity index is 360. The Morgan fingerprint density at radius 3 is 2.67 bits per heavy atom. The normalized spacial score (nSPS) is 16.2. The zero-order valence-electron chi connectivity index (χ0n) is 11.3. The first-order valence-electron chi connectivity index (χ1n) is 6.71. The Kier molecular flexibility index (Phi) is 4.75. The maximum atomic E-state index is 4.27. The van der Waals surface area contributed by atoms with Crippen molar-refractivity contribution in [1.29, 1.82) is 0 Å². The van der Waals surface area contributed by atoms with Crippen LogP contribution < -0.4 is 10.6 Å². The highest BCUT2D eigenvalue weighted by atomic mass is 15.1. The van der Waals surface area contributed by atoms with Gasteiger partial charge in [0.05, 0.1) is 0 Å². The highest BCUT2D eigenvalue weighted by molar-refractivity contribution is 5.47. The first-order chi connectivity index (χ1) is 8.74. The van der Waals surface area contributed by atoms with Crippen LogP contribution in [0.3, 0.4) is 0 Å². The number of rotatable bonds is 6. The van der Waals surface area contributed by atoms with Gasteiger partial charge >= 0.3 is 0 Å². The van der Waals surface area contributed by atoms with Crippen LogP contribution in [0.25, 0.3) is 0 Å². The Morgan fingerprint density at radius 2 is 1.94 bits per heavy atom. The summed E-state index contributed by atoms with van der Waals surface area (Å²) < 4.78 is 0. The van der Waals surface area contributed by atoms with Gasteiger partial charge in [0.1, 0.15) is 18.0 Å². The number of hydrogen-bond donors (Lipinski definition) is 2. The molecule has 5 heteroatoms. The van der Waals surface area contributed by atoms with E-state index in [1.54, 1.807) is 6.33 Å². The van der Waals surface area contributed by atoms with Crippen molar-refractivity contribution in [3.05, 3.63) is 12.4 Å². The number of aromatic nitrogens is 2. The molecule has 1 aromatic rings. The van der Waals surface area contributed by atoms with E-state index in [1.165, 1.54) is 25.7 Å². The third kappa shape index (κ3) is 4.14. The van der Waals surface area contributed by atoms with Crippen LogP contribution in [0.5, 0.6) is 0 Å². The average Bonchev–Trinajstić information content (AvgIpc) is 2.82. The van der Waals surface area contributed by atoms with Gasteiger partial charge < -0.3 is 15.5 Å². The van der Waals surface area contributed by atoms with Gasteiger partial charge in [-0.2, -0.15) is 0 Å². The molecule has 0 amide bonds. The summed E-state index contributed by atoms with van der Waals surface area (Å²) >= 11 is 0. The van der Waals surface area contributed by atoms with Crippen LogP contribution in [0, 0.1) is 0 Å². The Balaban J connectivity index is 1.84. The molecular formula is C13H23N5. The van der Waals surface area contributed by atoms with Crippen LogP contribution in [0.2, 0.25) is 0 Å². The third-order valence-corrected chi connectivity index (χ3v) is 3.24. The van der Waals surface area contributed by atoms with Crippen molar-refractivity contribution in [2.75, 3.05) is 37.8 Å². The van der Waals surface area contributed by atoms with Crippen LogP contribution in [0.1, 0.15) is 25.7 Å². The summed E-state index contributed by atoms with van der Waals surface area (Å²) in [5.74, 6) is 1.83. The molecule has 0 aromatic carbocycles. The zero-order chi connectivity index (χ0) is 12.8. The second-order valence-electron chi connectivity index (χ2n) is 5.14. The summed E-state index contributed by atoms with van der Waals surface area (Å²) in [4.78, 5) is 10.6. The lowest BCUT2D eigenvalue weighted by atomic mass is 10.2. The van der Waals surface area contributed by atoms with Crippen molar-refractivity contribution < 1.29 is 0 Å². The molecule has 0 radical (unpaired) electrons. The minimum absolute atomic E-state index is 0.592. The second kappa shape index (κ2) is 6.54. The van der Waals surface area contributed by atoms with Crippen molar-refractivity contribution >= 4 is 11.6 Å². The summed E-state index contributed by atoms with van der Waals surface area (Å²) in [5.41, 5.74) is 0. The van der Waals surface area contributed by atoms with Crippen LogP contribution in [-0.2, 0) is 0 Å². The Hall–Kier alpha value is -1.36. The van der Waals surface area contributed by atoms with Gasteiger partial charge in [-0.25, -0.2) is 9.97 Å². The quantitative estimate of drug-likeness (QED) is 0.805. The van der Waals surface area contributed by atoms with E-state index in [9.17, 15) is 0 Å². The van der Waals surface area contributed by atoms with E-state index in [0.717, 1.165) is 24.7 Å².